The molecule has 0 unspecified atom stereocenters. The molecule has 116 valence electrons. The highest BCUT2D eigenvalue weighted by molar-refractivity contribution is 6.30. The minimum absolute atomic E-state index is 0.0479. The molecule has 1 aromatic carbocycles. The summed E-state index contributed by atoms with van der Waals surface area (Å²) in [4.78, 5) is 12.4. The molecular formula is C16H18ClN3O2. The zero-order valence-corrected chi connectivity index (χ0v) is 13.3. The van der Waals surface area contributed by atoms with Crippen LogP contribution in [0.15, 0.2) is 30.5 Å². The second kappa shape index (κ2) is 6.10. The van der Waals surface area contributed by atoms with Gasteiger partial charge >= 0.3 is 0 Å². The number of halogens is 1. The SMILES string of the molecule is Cc1c(C(=O)N[C@H]2CCO[C@H]2c2ccc(Cl)cc2)cnn1C. The van der Waals surface area contributed by atoms with Crippen molar-refractivity contribution < 1.29 is 9.53 Å². The molecule has 1 aliphatic rings. The van der Waals surface area contributed by atoms with E-state index in [1.807, 2.05) is 38.2 Å². The summed E-state index contributed by atoms with van der Waals surface area (Å²) in [5, 5.41) is 7.86. The van der Waals surface area contributed by atoms with Crippen molar-refractivity contribution in [1.29, 1.82) is 0 Å². The average molecular weight is 320 g/mol. The third-order valence-corrected chi connectivity index (χ3v) is 4.34. The summed E-state index contributed by atoms with van der Waals surface area (Å²) in [6.45, 7) is 2.51. The lowest BCUT2D eigenvalue weighted by Gasteiger charge is -2.20. The minimum atomic E-state index is -0.141. The third-order valence-electron chi connectivity index (χ3n) is 4.09. The normalized spacial score (nSPS) is 21.0. The van der Waals surface area contributed by atoms with E-state index in [0.29, 0.717) is 17.2 Å². The Morgan fingerprint density at radius 1 is 1.41 bits per heavy atom. The highest BCUT2D eigenvalue weighted by atomic mass is 35.5. The highest BCUT2D eigenvalue weighted by Gasteiger charge is 2.31. The Labute approximate surface area is 134 Å². The summed E-state index contributed by atoms with van der Waals surface area (Å²) < 4.78 is 7.48. The van der Waals surface area contributed by atoms with Crippen LogP contribution in [0, 0.1) is 6.92 Å². The zero-order valence-electron chi connectivity index (χ0n) is 12.5. The number of ether oxygens (including phenoxy) is 1. The van der Waals surface area contributed by atoms with E-state index in [0.717, 1.165) is 17.7 Å². The van der Waals surface area contributed by atoms with Crippen LogP contribution in [0.4, 0.5) is 0 Å². The standard InChI is InChI=1S/C16H18ClN3O2/c1-10-13(9-18-20(10)2)16(21)19-14-7-8-22-15(14)11-3-5-12(17)6-4-11/h3-6,9,14-15H,7-8H2,1-2H3,(H,19,21)/t14-,15-/m0/s1. The molecule has 3 rings (SSSR count). The maximum absolute atomic E-state index is 12.4. The van der Waals surface area contributed by atoms with Crippen molar-refractivity contribution in [3.63, 3.8) is 0 Å². The summed E-state index contributed by atoms with van der Waals surface area (Å²) in [7, 11) is 1.82. The lowest BCUT2D eigenvalue weighted by atomic mass is 10.0. The molecule has 0 spiro atoms. The first-order valence-corrected chi connectivity index (χ1v) is 7.60. The Balaban J connectivity index is 1.75. The smallest absolute Gasteiger partial charge is 0.255 e. The summed E-state index contributed by atoms with van der Waals surface area (Å²) in [6, 6.07) is 7.50. The topological polar surface area (TPSA) is 56.1 Å². The molecule has 1 fully saturated rings. The van der Waals surface area contributed by atoms with Crippen LogP contribution in [0.25, 0.3) is 0 Å². The molecule has 6 heteroatoms. The maximum Gasteiger partial charge on any atom is 0.255 e. The fourth-order valence-corrected chi connectivity index (χ4v) is 2.81. The Bertz CT molecular complexity index is 681. The molecule has 0 radical (unpaired) electrons. The van der Waals surface area contributed by atoms with Crippen LogP contribution in [0.1, 0.15) is 34.1 Å². The van der Waals surface area contributed by atoms with Crippen molar-refractivity contribution in [1.82, 2.24) is 15.1 Å². The molecule has 0 saturated carbocycles. The monoisotopic (exact) mass is 319 g/mol. The molecule has 0 aliphatic carbocycles. The van der Waals surface area contributed by atoms with E-state index in [1.54, 1.807) is 10.9 Å². The van der Waals surface area contributed by atoms with E-state index in [2.05, 4.69) is 10.4 Å². The van der Waals surface area contributed by atoms with Gasteiger partial charge in [-0.2, -0.15) is 5.10 Å². The molecule has 22 heavy (non-hydrogen) atoms. The van der Waals surface area contributed by atoms with Crippen LogP contribution >= 0.6 is 11.6 Å². The van der Waals surface area contributed by atoms with E-state index in [1.165, 1.54) is 0 Å². The van der Waals surface area contributed by atoms with Crippen LogP contribution < -0.4 is 5.32 Å². The van der Waals surface area contributed by atoms with Crippen LogP contribution in [0.3, 0.4) is 0 Å². The molecule has 5 nitrogen and oxygen atoms in total. The minimum Gasteiger partial charge on any atom is -0.371 e. The predicted molar refractivity (Wildman–Crippen MR) is 84.0 cm³/mol. The average Bonchev–Trinajstić information content (AvgIpc) is 3.08. The molecule has 1 saturated heterocycles. The Morgan fingerprint density at radius 3 is 2.77 bits per heavy atom. The van der Waals surface area contributed by atoms with Gasteiger partial charge in [0.2, 0.25) is 0 Å². The molecular weight excluding hydrogens is 302 g/mol. The molecule has 0 bridgehead atoms. The Morgan fingerprint density at radius 2 is 2.14 bits per heavy atom. The number of benzene rings is 1. The van der Waals surface area contributed by atoms with Crippen LogP contribution in [0.5, 0.6) is 0 Å². The van der Waals surface area contributed by atoms with Crippen LogP contribution in [0.2, 0.25) is 5.02 Å². The number of nitrogens with one attached hydrogen (secondary N) is 1. The van der Waals surface area contributed by atoms with Crippen molar-refractivity contribution in [2.24, 2.45) is 7.05 Å². The predicted octanol–water partition coefficient (Wildman–Crippen LogP) is 2.64. The molecule has 1 N–H and O–H groups in total. The summed E-state index contributed by atoms with van der Waals surface area (Å²) in [5.74, 6) is -0.111. The summed E-state index contributed by atoms with van der Waals surface area (Å²) in [6.07, 6.45) is 2.24. The fraction of sp³-hybridized carbons (Fsp3) is 0.375. The molecule has 1 aliphatic heterocycles. The zero-order chi connectivity index (χ0) is 15.7. The summed E-state index contributed by atoms with van der Waals surface area (Å²) >= 11 is 5.92. The first-order chi connectivity index (χ1) is 10.6. The first-order valence-electron chi connectivity index (χ1n) is 7.23. The maximum atomic E-state index is 12.4. The second-order valence-corrected chi connectivity index (χ2v) is 5.92. The number of rotatable bonds is 3. The van der Waals surface area contributed by atoms with Crippen molar-refractivity contribution in [3.8, 4) is 0 Å². The number of hydrogen-bond acceptors (Lipinski definition) is 3. The fourth-order valence-electron chi connectivity index (χ4n) is 2.69. The van der Waals surface area contributed by atoms with E-state index in [9.17, 15) is 4.79 Å². The number of carbonyl (C=O) groups excluding carboxylic acids is 1. The third kappa shape index (κ3) is 2.87. The lowest BCUT2D eigenvalue weighted by Crippen LogP contribution is -2.37. The van der Waals surface area contributed by atoms with Gasteiger partial charge in [-0.15, -0.1) is 0 Å². The number of hydrogen-bond donors (Lipinski definition) is 1. The quantitative estimate of drug-likeness (QED) is 0.946. The van der Waals surface area contributed by atoms with Gasteiger partial charge in [-0.1, -0.05) is 23.7 Å². The van der Waals surface area contributed by atoms with Gasteiger partial charge < -0.3 is 10.1 Å². The highest BCUT2D eigenvalue weighted by Crippen LogP contribution is 2.30. The Kier molecular flexibility index (Phi) is 4.18. The number of aryl methyl sites for hydroxylation is 1. The number of carbonyl (C=O) groups is 1. The molecule has 2 atom stereocenters. The van der Waals surface area contributed by atoms with Gasteiger partial charge in [0, 0.05) is 24.4 Å². The van der Waals surface area contributed by atoms with Crippen molar-refractivity contribution in [2.45, 2.75) is 25.5 Å². The van der Waals surface area contributed by atoms with E-state index in [-0.39, 0.29) is 18.1 Å². The van der Waals surface area contributed by atoms with Gasteiger partial charge in [0.05, 0.1) is 17.8 Å². The van der Waals surface area contributed by atoms with Crippen LogP contribution in [-0.4, -0.2) is 28.3 Å². The van der Waals surface area contributed by atoms with Gasteiger partial charge in [-0.05, 0) is 31.0 Å². The summed E-state index contributed by atoms with van der Waals surface area (Å²) in [5.41, 5.74) is 2.47. The molecule has 1 amide bonds. The molecule has 2 aromatic rings. The van der Waals surface area contributed by atoms with Crippen molar-refractivity contribution in [2.75, 3.05) is 6.61 Å². The largest absolute Gasteiger partial charge is 0.371 e. The molecule has 1 aromatic heterocycles. The van der Waals surface area contributed by atoms with Gasteiger partial charge in [0.1, 0.15) is 6.10 Å². The first kappa shape index (κ1) is 15.1. The van der Waals surface area contributed by atoms with Gasteiger partial charge in [-0.3, -0.25) is 9.48 Å². The van der Waals surface area contributed by atoms with Gasteiger partial charge in [0.25, 0.3) is 5.91 Å². The van der Waals surface area contributed by atoms with E-state index in [4.69, 9.17) is 16.3 Å². The van der Waals surface area contributed by atoms with Gasteiger partial charge in [-0.25, -0.2) is 0 Å². The van der Waals surface area contributed by atoms with Crippen molar-refractivity contribution in [3.05, 3.63) is 52.3 Å². The van der Waals surface area contributed by atoms with Crippen molar-refractivity contribution >= 4 is 17.5 Å². The number of aromatic nitrogens is 2. The lowest BCUT2D eigenvalue weighted by molar-refractivity contribution is 0.0821. The van der Waals surface area contributed by atoms with Gasteiger partial charge in [0.15, 0.2) is 0 Å². The number of amides is 1. The molecule has 2 heterocycles. The second-order valence-electron chi connectivity index (χ2n) is 5.48. The Hall–Kier alpha value is -1.85. The number of nitrogens with zero attached hydrogens (tertiary/aromatic N) is 2. The van der Waals surface area contributed by atoms with E-state index < -0.39 is 0 Å². The van der Waals surface area contributed by atoms with E-state index >= 15 is 0 Å². The van der Waals surface area contributed by atoms with Crippen LogP contribution in [-0.2, 0) is 11.8 Å².